The molecule has 9 N–H and O–H groups in total. The number of hydrogen-bond donors (Lipinski definition) is 7. The van der Waals surface area contributed by atoms with Gasteiger partial charge in [-0.2, -0.15) is 0 Å². The molecule has 0 radical (unpaired) electrons. The molecule has 15 nitrogen and oxygen atoms in total. The van der Waals surface area contributed by atoms with E-state index in [-0.39, 0.29) is 6.42 Å². The molecule has 194 valence electrons. The first-order chi connectivity index (χ1) is 15.7. The van der Waals surface area contributed by atoms with E-state index >= 15 is 0 Å². The van der Waals surface area contributed by atoms with Gasteiger partial charge in [-0.3, -0.25) is 19.2 Å². The summed E-state index contributed by atoms with van der Waals surface area (Å²) in [6, 6.07) is -4.02. The second kappa shape index (κ2) is 12.6. The molecule has 0 saturated carbocycles. The lowest BCUT2D eigenvalue weighted by Gasteiger charge is -2.48. The van der Waals surface area contributed by atoms with Crippen molar-refractivity contribution in [3.8, 4) is 0 Å². The largest absolute Gasteiger partial charge is 0.481 e. The number of aliphatic hydroxyl groups excluding tert-OH is 2. The first kappa shape index (κ1) is 29.2. The number of carboxylic acids is 2. The molecule has 3 amide bonds. The van der Waals surface area contributed by atoms with Gasteiger partial charge in [0.2, 0.25) is 17.7 Å². The Hall–Kier alpha value is -2.85. The zero-order valence-electron chi connectivity index (χ0n) is 19.0. The van der Waals surface area contributed by atoms with Crippen molar-refractivity contribution in [1.82, 2.24) is 10.2 Å². The minimum Gasteiger partial charge on any atom is -0.481 e. The van der Waals surface area contributed by atoms with Crippen molar-refractivity contribution in [1.29, 1.82) is 0 Å². The van der Waals surface area contributed by atoms with Gasteiger partial charge in [-0.05, 0) is 20.3 Å². The van der Waals surface area contributed by atoms with Crippen molar-refractivity contribution in [2.75, 3.05) is 6.61 Å². The lowest BCUT2D eigenvalue weighted by atomic mass is 9.94. The highest BCUT2D eigenvalue weighted by Gasteiger charge is 2.49. The van der Waals surface area contributed by atoms with Gasteiger partial charge in [0, 0.05) is 13.3 Å². The Bertz CT molecular complexity index is 779. The molecule has 0 aromatic carbocycles. The van der Waals surface area contributed by atoms with E-state index in [9.17, 15) is 34.2 Å². The standard InChI is InChI=1S/C19H32N4O11/c1-7(17(30)22-10(16(21)29)4-5-12(26)27)23(9(3)25)18-13(20)15(33-8(2)19(31)32)14(28)11(6-24)34-18/h7-8,10-11,13-15,18,24,28H,4-6,20H2,1-3H3,(H2,21,29)(H,22,30)(H,26,27)(H,31,32)/t7-,8-,10-,11-,13-,14-,15-,18?/m1/s1. The molecule has 1 unspecified atom stereocenters. The van der Waals surface area contributed by atoms with Crippen LogP contribution in [0.1, 0.15) is 33.6 Å². The number of carbonyl (C=O) groups excluding carboxylic acids is 3. The van der Waals surface area contributed by atoms with Crippen molar-refractivity contribution in [3.63, 3.8) is 0 Å². The summed E-state index contributed by atoms with van der Waals surface area (Å²) in [5.74, 6) is -5.15. The van der Waals surface area contributed by atoms with Crippen LogP contribution in [0.5, 0.6) is 0 Å². The molecular formula is C19H32N4O11. The maximum atomic E-state index is 12.8. The molecule has 1 saturated heterocycles. The predicted molar refractivity (Wildman–Crippen MR) is 112 cm³/mol. The maximum absolute atomic E-state index is 12.8. The summed E-state index contributed by atoms with van der Waals surface area (Å²) in [5.41, 5.74) is 11.4. The molecule has 1 fully saturated rings. The minimum absolute atomic E-state index is 0.287. The predicted octanol–water partition coefficient (Wildman–Crippen LogP) is -3.68. The van der Waals surface area contributed by atoms with Gasteiger partial charge in [-0.15, -0.1) is 0 Å². The number of primary amides is 1. The highest BCUT2D eigenvalue weighted by atomic mass is 16.6. The van der Waals surface area contributed by atoms with E-state index in [1.54, 1.807) is 0 Å². The number of amides is 3. The molecule has 34 heavy (non-hydrogen) atoms. The summed E-state index contributed by atoms with van der Waals surface area (Å²) in [6.45, 7) is 2.82. The number of nitrogens with two attached hydrogens (primary N) is 2. The number of aliphatic carboxylic acids is 2. The summed E-state index contributed by atoms with van der Waals surface area (Å²) >= 11 is 0. The van der Waals surface area contributed by atoms with Gasteiger partial charge < -0.3 is 51.6 Å². The number of nitrogens with one attached hydrogen (secondary N) is 1. The van der Waals surface area contributed by atoms with Crippen LogP contribution in [0.2, 0.25) is 0 Å². The summed E-state index contributed by atoms with van der Waals surface area (Å²) in [4.78, 5) is 59.7. The highest BCUT2D eigenvalue weighted by Crippen LogP contribution is 2.27. The van der Waals surface area contributed by atoms with Crippen molar-refractivity contribution >= 4 is 29.7 Å². The average Bonchev–Trinajstić information content (AvgIpc) is 2.74. The number of carboxylic acid groups (broad SMARTS) is 2. The fourth-order valence-electron chi connectivity index (χ4n) is 3.46. The number of nitrogens with zero attached hydrogens (tertiary/aromatic N) is 1. The van der Waals surface area contributed by atoms with E-state index in [0.717, 1.165) is 11.8 Å². The van der Waals surface area contributed by atoms with Crippen LogP contribution >= 0.6 is 0 Å². The Morgan fingerprint density at radius 2 is 1.76 bits per heavy atom. The van der Waals surface area contributed by atoms with Gasteiger partial charge in [0.1, 0.15) is 30.4 Å². The smallest absolute Gasteiger partial charge is 0.332 e. The van der Waals surface area contributed by atoms with Crippen molar-refractivity contribution in [2.24, 2.45) is 11.5 Å². The number of hydrogen-bond acceptors (Lipinski definition) is 10. The molecule has 0 bridgehead atoms. The average molecular weight is 492 g/mol. The van der Waals surface area contributed by atoms with Crippen LogP contribution in [-0.2, 0) is 33.4 Å². The summed E-state index contributed by atoms with van der Waals surface area (Å²) < 4.78 is 10.9. The summed E-state index contributed by atoms with van der Waals surface area (Å²) in [6.07, 6.45) is -7.87. The van der Waals surface area contributed by atoms with Crippen LogP contribution in [0.25, 0.3) is 0 Å². The van der Waals surface area contributed by atoms with Crippen LogP contribution in [-0.4, -0.2) is 110 Å². The van der Waals surface area contributed by atoms with Gasteiger partial charge in [0.15, 0.2) is 12.3 Å². The van der Waals surface area contributed by atoms with Gasteiger partial charge in [0.05, 0.1) is 12.6 Å². The summed E-state index contributed by atoms with van der Waals surface area (Å²) in [5, 5.41) is 40.2. The second-order valence-electron chi connectivity index (χ2n) is 7.89. The van der Waals surface area contributed by atoms with Crippen molar-refractivity contribution in [3.05, 3.63) is 0 Å². The quantitative estimate of drug-likeness (QED) is 0.139. The van der Waals surface area contributed by atoms with E-state index in [0.29, 0.717) is 0 Å². The normalized spacial score (nSPS) is 27.2. The molecule has 15 heteroatoms. The molecule has 8 atom stereocenters. The van der Waals surface area contributed by atoms with Crippen LogP contribution in [0.4, 0.5) is 0 Å². The third-order valence-electron chi connectivity index (χ3n) is 5.37. The van der Waals surface area contributed by atoms with Crippen LogP contribution in [0.15, 0.2) is 0 Å². The monoisotopic (exact) mass is 492 g/mol. The Morgan fingerprint density at radius 1 is 1.18 bits per heavy atom. The molecular weight excluding hydrogens is 460 g/mol. The lowest BCUT2D eigenvalue weighted by molar-refractivity contribution is -0.245. The number of carbonyl (C=O) groups is 5. The molecule has 0 aromatic rings. The third kappa shape index (κ3) is 7.33. The number of rotatable bonds is 12. The molecule has 0 aliphatic carbocycles. The molecule has 1 heterocycles. The minimum atomic E-state index is -1.55. The Kier molecular flexibility index (Phi) is 10.8. The Balaban J connectivity index is 3.18. The summed E-state index contributed by atoms with van der Waals surface area (Å²) in [7, 11) is 0. The van der Waals surface area contributed by atoms with Crippen molar-refractivity contribution < 1.29 is 53.9 Å². The maximum Gasteiger partial charge on any atom is 0.332 e. The van der Waals surface area contributed by atoms with Gasteiger partial charge in [-0.25, -0.2) is 4.79 Å². The SMILES string of the molecule is CC(=O)N(C1O[C@H](CO)[C@@H](O)[C@H](O[C@H](C)C(=O)O)[C@H]1N)[C@H](C)C(=O)N[C@H](CCC(=O)O)C(N)=O. The second-order valence-corrected chi connectivity index (χ2v) is 7.89. The fourth-order valence-corrected chi connectivity index (χ4v) is 3.46. The topological polar surface area (TPSA) is 252 Å². The van der Waals surface area contributed by atoms with Crippen molar-refractivity contribution in [2.45, 2.75) is 82.4 Å². The van der Waals surface area contributed by atoms with E-state index in [1.807, 2.05) is 0 Å². The lowest BCUT2D eigenvalue weighted by Crippen LogP contribution is -2.70. The van der Waals surface area contributed by atoms with Gasteiger partial charge in [0.25, 0.3) is 0 Å². The van der Waals surface area contributed by atoms with Gasteiger partial charge in [-0.1, -0.05) is 0 Å². The van der Waals surface area contributed by atoms with Gasteiger partial charge >= 0.3 is 11.9 Å². The zero-order chi connectivity index (χ0) is 26.3. The number of aliphatic hydroxyl groups is 2. The Labute approximate surface area is 195 Å². The van der Waals surface area contributed by atoms with Crippen LogP contribution in [0, 0.1) is 0 Å². The highest BCUT2D eigenvalue weighted by molar-refractivity contribution is 5.91. The Morgan fingerprint density at radius 3 is 2.21 bits per heavy atom. The van der Waals surface area contributed by atoms with Crippen LogP contribution in [0.3, 0.4) is 0 Å². The number of ether oxygens (including phenoxy) is 2. The molecule has 0 aromatic heterocycles. The van der Waals surface area contributed by atoms with E-state index < -0.39 is 91.5 Å². The molecule has 1 aliphatic heterocycles. The zero-order valence-corrected chi connectivity index (χ0v) is 19.0. The fraction of sp³-hybridized carbons (Fsp3) is 0.737. The first-order valence-corrected chi connectivity index (χ1v) is 10.4. The third-order valence-corrected chi connectivity index (χ3v) is 5.37. The molecule has 0 spiro atoms. The van der Waals surface area contributed by atoms with E-state index in [1.165, 1.54) is 13.8 Å². The molecule has 1 rings (SSSR count). The molecule has 1 aliphatic rings. The first-order valence-electron chi connectivity index (χ1n) is 10.4. The van der Waals surface area contributed by atoms with E-state index in [2.05, 4.69) is 5.32 Å². The van der Waals surface area contributed by atoms with E-state index in [4.69, 9.17) is 31.2 Å². The van der Waals surface area contributed by atoms with Crippen LogP contribution < -0.4 is 16.8 Å².